The van der Waals surface area contributed by atoms with E-state index in [0.717, 1.165) is 18.4 Å². The van der Waals surface area contributed by atoms with Crippen LogP contribution in [0.4, 0.5) is 0 Å². The molecule has 1 saturated carbocycles. The Morgan fingerprint density at radius 3 is 2.89 bits per heavy atom. The Hall–Kier alpha value is -1.36. The lowest BCUT2D eigenvalue weighted by Crippen LogP contribution is -2.40. The fourth-order valence-corrected chi connectivity index (χ4v) is 2.08. The summed E-state index contributed by atoms with van der Waals surface area (Å²) in [5.74, 6) is 0.0863. The largest absolute Gasteiger partial charge is 0.369 e. The van der Waals surface area contributed by atoms with Crippen LogP contribution in [-0.4, -0.2) is 39.3 Å². The highest BCUT2D eigenvalue weighted by molar-refractivity contribution is 5.81. The normalized spacial score (nSPS) is 16.6. The van der Waals surface area contributed by atoms with Crippen molar-refractivity contribution in [3.8, 4) is 0 Å². The van der Waals surface area contributed by atoms with E-state index in [-0.39, 0.29) is 12.0 Å². The minimum absolute atomic E-state index is 0.0863. The molecule has 0 spiro atoms. The molecular formula is C13H21N3O2. The van der Waals surface area contributed by atoms with Crippen LogP contribution in [0.2, 0.25) is 0 Å². The predicted octanol–water partition coefficient (Wildman–Crippen LogP) is 1.34. The highest BCUT2D eigenvalue weighted by Crippen LogP contribution is 2.29. The lowest BCUT2D eigenvalue weighted by atomic mass is 10.2. The summed E-state index contributed by atoms with van der Waals surface area (Å²) in [5.41, 5.74) is 1.07. The number of carbonyl (C=O) groups is 1. The summed E-state index contributed by atoms with van der Waals surface area (Å²) in [4.78, 5) is 14.2. The molecule has 1 aromatic rings. The summed E-state index contributed by atoms with van der Waals surface area (Å²) in [7, 11) is 1.88. The fourth-order valence-electron chi connectivity index (χ4n) is 2.08. The highest BCUT2D eigenvalue weighted by Gasteiger charge is 2.34. The third kappa shape index (κ3) is 3.10. The standard InChI is InChI=1S/C13H21N3O2/c1-4-18-10(2)13(17)16(12-5-6-12)9-11-7-14-15(3)8-11/h7-8,10,12H,4-6,9H2,1-3H3. The van der Waals surface area contributed by atoms with Gasteiger partial charge in [-0.1, -0.05) is 0 Å². The van der Waals surface area contributed by atoms with Gasteiger partial charge in [-0.15, -0.1) is 0 Å². The molecule has 0 radical (unpaired) electrons. The average Bonchev–Trinajstić information content (AvgIpc) is 3.09. The van der Waals surface area contributed by atoms with Crippen molar-refractivity contribution in [1.82, 2.24) is 14.7 Å². The van der Waals surface area contributed by atoms with Crippen LogP contribution in [-0.2, 0) is 23.1 Å². The monoisotopic (exact) mass is 251 g/mol. The molecule has 1 amide bonds. The molecule has 5 heteroatoms. The molecule has 2 rings (SSSR count). The van der Waals surface area contributed by atoms with Crippen LogP contribution in [0.1, 0.15) is 32.3 Å². The summed E-state index contributed by atoms with van der Waals surface area (Å²) in [6.07, 6.45) is 5.62. The van der Waals surface area contributed by atoms with E-state index in [1.54, 1.807) is 4.68 Å². The van der Waals surface area contributed by atoms with Crippen molar-refractivity contribution in [3.63, 3.8) is 0 Å². The smallest absolute Gasteiger partial charge is 0.251 e. The van der Waals surface area contributed by atoms with Crippen molar-refractivity contribution in [1.29, 1.82) is 0 Å². The Morgan fingerprint density at radius 1 is 1.67 bits per heavy atom. The zero-order valence-corrected chi connectivity index (χ0v) is 11.3. The summed E-state index contributed by atoms with van der Waals surface area (Å²) in [6, 6.07) is 0.389. The molecule has 100 valence electrons. The van der Waals surface area contributed by atoms with E-state index in [9.17, 15) is 4.79 Å². The van der Waals surface area contributed by atoms with Gasteiger partial charge < -0.3 is 9.64 Å². The molecule has 1 aliphatic rings. The van der Waals surface area contributed by atoms with Gasteiger partial charge in [0.1, 0.15) is 6.10 Å². The maximum absolute atomic E-state index is 12.3. The van der Waals surface area contributed by atoms with Gasteiger partial charge in [0.05, 0.1) is 6.20 Å². The van der Waals surface area contributed by atoms with Crippen molar-refractivity contribution in [3.05, 3.63) is 18.0 Å². The molecule has 18 heavy (non-hydrogen) atoms. The number of nitrogens with zero attached hydrogens (tertiary/aromatic N) is 3. The first-order chi connectivity index (χ1) is 8.61. The second-order valence-corrected chi connectivity index (χ2v) is 4.82. The van der Waals surface area contributed by atoms with Crippen LogP contribution < -0.4 is 0 Å². The van der Waals surface area contributed by atoms with Crippen molar-refractivity contribution in [2.45, 2.75) is 45.4 Å². The first-order valence-electron chi connectivity index (χ1n) is 6.51. The number of hydrogen-bond acceptors (Lipinski definition) is 3. The zero-order valence-electron chi connectivity index (χ0n) is 11.3. The number of hydrogen-bond donors (Lipinski definition) is 0. The van der Waals surface area contributed by atoms with Crippen molar-refractivity contribution < 1.29 is 9.53 Å². The van der Waals surface area contributed by atoms with Gasteiger partial charge in [0.15, 0.2) is 0 Å². The summed E-state index contributed by atoms with van der Waals surface area (Å²) >= 11 is 0. The fraction of sp³-hybridized carbons (Fsp3) is 0.692. The molecule has 1 aliphatic carbocycles. The van der Waals surface area contributed by atoms with E-state index in [0.29, 0.717) is 19.2 Å². The molecule has 5 nitrogen and oxygen atoms in total. The molecule has 0 aromatic carbocycles. The van der Waals surface area contributed by atoms with Gasteiger partial charge in [0.25, 0.3) is 5.91 Å². The molecule has 1 unspecified atom stereocenters. The molecule has 1 fully saturated rings. The predicted molar refractivity (Wildman–Crippen MR) is 67.9 cm³/mol. The van der Waals surface area contributed by atoms with Gasteiger partial charge in [-0.05, 0) is 26.7 Å². The Morgan fingerprint density at radius 2 is 2.39 bits per heavy atom. The number of carbonyl (C=O) groups excluding carboxylic acids is 1. The van der Waals surface area contributed by atoms with Gasteiger partial charge >= 0.3 is 0 Å². The van der Waals surface area contributed by atoms with E-state index in [1.807, 2.05) is 38.2 Å². The number of aryl methyl sites for hydroxylation is 1. The second kappa shape index (κ2) is 5.52. The quantitative estimate of drug-likeness (QED) is 0.766. The molecule has 1 atom stereocenters. The molecule has 0 bridgehead atoms. The Balaban J connectivity index is 2.01. The highest BCUT2D eigenvalue weighted by atomic mass is 16.5. The Bertz CT molecular complexity index is 412. The lowest BCUT2D eigenvalue weighted by Gasteiger charge is -2.25. The molecule has 1 heterocycles. The maximum atomic E-state index is 12.3. The SMILES string of the molecule is CCOC(C)C(=O)N(Cc1cnn(C)c1)C1CC1. The third-order valence-corrected chi connectivity index (χ3v) is 3.15. The van der Waals surface area contributed by atoms with Gasteiger partial charge in [-0.3, -0.25) is 9.48 Å². The van der Waals surface area contributed by atoms with E-state index in [1.165, 1.54) is 0 Å². The first-order valence-corrected chi connectivity index (χ1v) is 6.51. The second-order valence-electron chi connectivity index (χ2n) is 4.82. The topological polar surface area (TPSA) is 47.4 Å². The summed E-state index contributed by atoms with van der Waals surface area (Å²) in [6.45, 7) is 4.93. The summed E-state index contributed by atoms with van der Waals surface area (Å²) in [5, 5.41) is 4.14. The van der Waals surface area contributed by atoms with E-state index in [4.69, 9.17) is 4.74 Å². The average molecular weight is 251 g/mol. The van der Waals surface area contributed by atoms with Crippen LogP contribution >= 0.6 is 0 Å². The number of rotatable bonds is 6. The van der Waals surface area contributed by atoms with Gasteiger partial charge in [0.2, 0.25) is 0 Å². The zero-order chi connectivity index (χ0) is 13.1. The van der Waals surface area contributed by atoms with Crippen molar-refractivity contribution in [2.75, 3.05) is 6.61 Å². The number of aromatic nitrogens is 2. The van der Waals surface area contributed by atoms with E-state index >= 15 is 0 Å². The third-order valence-electron chi connectivity index (χ3n) is 3.15. The number of amides is 1. The number of ether oxygens (including phenoxy) is 1. The lowest BCUT2D eigenvalue weighted by molar-refractivity contribution is -0.143. The van der Waals surface area contributed by atoms with Crippen LogP contribution in [0.25, 0.3) is 0 Å². The van der Waals surface area contributed by atoms with Crippen LogP contribution in [0.5, 0.6) is 0 Å². The van der Waals surface area contributed by atoms with Gasteiger partial charge in [0, 0.05) is 38.0 Å². The molecule has 0 saturated heterocycles. The Labute approximate surface area is 108 Å². The molecule has 1 aromatic heterocycles. The maximum Gasteiger partial charge on any atom is 0.251 e. The minimum Gasteiger partial charge on any atom is -0.369 e. The van der Waals surface area contributed by atoms with Gasteiger partial charge in [-0.2, -0.15) is 5.10 Å². The van der Waals surface area contributed by atoms with Crippen LogP contribution in [0, 0.1) is 0 Å². The van der Waals surface area contributed by atoms with Gasteiger partial charge in [-0.25, -0.2) is 0 Å². The summed E-state index contributed by atoms with van der Waals surface area (Å²) < 4.78 is 7.15. The van der Waals surface area contributed by atoms with Crippen LogP contribution in [0.3, 0.4) is 0 Å². The van der Waals surface area contributed by atoms with Crippen LogP contribution in [0.15, 0.2) is 12.4 Å². The van der Waals surface area contributed by atoms with E-state index in [2.05, 4.69) is 5.10 Å². The first kappa shape index (κ1) is 13.1. The van der Waals surface area contributed by atoms with E-state index < -0.39 is 0 Å². The Kier molecular flexibility index (Phi) is 4.01. The van der Waals surface area contributed by atoms with Crippen molar-refractivity contribution in [2.24, 2.45) is 7.05 Å². The molecular weight excluding hydrogens is 230 g/mol. The van der Waals surface area contributed by atoms with Crippen molar-refractivity contribution >= 4 is 5.91 Å². The molecule has 0 N–H and O–H groups in total. The minimum atomic E-state index is -0.354. The molecule has 0 aliphatic heterocycles.